The Morgan fingerprint density at radius 3 is 2.92 bits per heavy atom. The summed E-state index contributed by atoms with van der Waals surface area (Å²) >= 11 is 0. The quantitative estimate of drug-likeness (QED) is 0.896. The molecule has 1 saturated carbocycles. The van der Waals surface area contributed by atoms with Crippen molar-refractivity contribution in [3.8, 4) is 11.3 Å². The van der Waals surface area contributed by atoms with E-state index in [9.17, 15) is 4.79 Å². The minimum Gasteiger partial charge on any atom is -0.377 e. The van der Waals surface area contributed by atoms with Gasteiger partial charge >= 0.3 is 6.03 Å². The van der Waals surface area contributed by atoms with E-state index in [4.69, 9.17) is 9.26 Å². The van der Waals surface area contributed by atoms with Gasteiger partial charge in [0.2, 0.25) is 0 Å². The monoisotopic (exact) mass is 341 g/mol. The molecule has 3 atom stereocenters. The second-order valence-corrected chi connectivity index (χ2v) is 7.42. The Labute approximate surface area is 146 Å². The number of carbonyl (C=O) groups excluding carboxylic acids is 1. The predicted octanol–water partition coefficient (Wildman–Crippen LogP) is 2.95. The Morgan fingerprint density at radius 1 is 1.32 bits per heavy atom. The molecule has 0 radical (unpaired) electrons. The van der Waals surface area contributed by atoms with Crippen molar-refractivity contribution in [2.24, 2.45) is 11.3 Å². The van der Waals surface area contributed by atoms with Gasteiger partial charge in [-0.1, -0.05) is 49.3 Å². The third-order valence-electron chi connectivity index (χ3n) is 5.43. The van der Waals surface area contributed by atoms with Crippen LogP contribution < -0.4 is 10.6 Å². The molecule has 2 aromatic rings. The molecule has 6 nitrogen and oxygen atoms in total. The molecule has 4 rings (SSSR count). The summed E-state index contributed by atoms with van der Waals surface area (Å²) in [6.07, 6.45) is 1.28. The molecule has 0 spiro atoms. The summed E-state index contributed by atoms with van der Waals surface area (Å²) in [7, 11) is 0. The first-order valence-corrected chi connectivity index (χ1v) is 8.72. The molecule has 2 N–H and O–H groups in total. The van der Waals surface area contributed by atoms with Crippen LogP contribution in [-0.2, 0) is 11.3 Å². The number of nitrogens with one attached hydrogen (secondary N) is 2. The number of benzene rings is 1. The Bertz CT molecular complexity index is 756. The number of urea groups is 1. The first kappa shape index (κ1) is 16.1. The Balaban J connectivity index is 1.32. The smallest absolute Gasteiger partial charge is 0.315 e. The van der Waals surface area contributed by atoms with Crippen molar-refractivity contribution in [3.05, 3.63) is 42.1 Å². The summed E-state index contributed by atoms with van der Waals surface area (Å²) in [6.45, 7) is 5.42. The highest BCUT2D eigenvalue weighted by molar-refractivity contribution is 5.74. The number of aromatic nitrogens is 1. The maximum absolute atomic E-state index is 12.3. The number of amides is 2. The van der Waals surface area contributed by atoms with Crippen LogP contribution in [0.3, 0.4) is 0 Å². The van der Waals surface area contributed by atoms with Crippen molar-refractivity contribution in [2.75, 3.05) is 6.61 Å². The fourth-order valence-electron chi connectivity index (χ4n) is 4.11. The van der Waals surface area contributed by atoms with E-state index in [-0.39, 0.29) is 23.6 Å². The van der Waals surface area contributed by atoms with E-state index in [1.165, 1.54) is 0 Å². The molecule has 25 heavy (non-hydrogen) atoms. The zero-order valence-electron chi connectivity index (χ0n) is 14.5. The third-order valence-corrected chi connectivity index (χ3v) is 5.43. The first-order chi connectivity index (χ1) is 12.1. The minimum absolute atomic E-state index is 0.0210. The molecule has 1 aliphatic heterocycles. The lowest BCUT2D eigenvalue weighted by Crippen LogP contribution is -2.67. The summed E-state index contributed by atoms with van der Waals surface area (Å²) in [6, 6.07) is 11.6. The van der Waals surface area contributed by atoms with Crippen LogP contribution in [0.5, 0.6) is 0 Å². The lowest BCUT2D eigenvalue weighted by atomic mass is 9.57. The molecule has 1 aliphatic carbocycles. The van der Waals surface area contributed by atoms with Gasteiger partial charge in [0.15, 0.2) is 5.76 Å². The molecule has 2 aliphatic rings. The lowest BCUT2D eigenvalue weighted by Gasteiger charge is -2.54. The maximum atomic E-state index is 12.3. The highest BCUT2D eigenvalue weighted by Crippen LogP contribution is 2.52. The van der Waals surface area contributed by atoms with Crippen molar-refractivity contribution in [1.29, 1.82) is 0 Å². The van der Waals surface area contributed by atoms with E-state index in [2.05, 4.69) is 29.6 Å². The summed E-state index contributed by atoms with van der Waals surface area (Å²) in [5.41, 5.74) is 1.64. The SMILES string of the molecule is CC1(C)[C@H](NC(=O)NCc2cc(-c3ccccc3)on2)[C@H]2CCO[C@H]21. The summed E-state index contributed by atoms with van der Waals surface area (Å²) < 4.78 is 11.1. The van der Waals surface area contributed by atoms with Gasteiger partial charge in [-0.15, -0.1) is 0 Å². The normalized spacial score (nSPS) is 26.6. The number of hydrogen-bond acceptors (Lipinski definition) is 4. The molecular weight excluding hydrogens is 318 g/mol. The van der Waals surface area contributed by atoms with Crippen LogP contribution >= 0.6 is 0 Å². The lowest BCUT2D eigenvalue weighted by molar-refractivity contribution is -0.108. The molecule has 2 heterocycles. The average molecular weight is 341 g/mol. The standard InChI is InChI=1S/C19H23N3O3/c1-19(2)16(14-8-9-24-17(14)19)21-18(23)20-11-13-10-15(25-22-13)12-6-4-3-5-7-12/h3-7,10,14,16-17H,8-9,11H2,1-2H3,(H2,20,21,23)/t14-,16-,17-/m1/s1. The molecule has 2 fully saturated rings. The molecule has 132 valence electrons. The van der Waals surface area contributed by atoms with Crippen molar-refractivity contribution >= 4 is 6.03 Å². The maximum Gasteiger partial charge on any atom is 0.315 e. The van der Waals surface area contributed by atoms with Crippen LogP contribution in [0.1, 0.15) is 26.0 Å². The number of fused-ring (bicyclic) bond motifs is 1. The predicted molar refractivity (Wildman–Crippen MR) is 92.7 cm³/mol. The van der Waals surface area contributed by atoms with Crippen molar-refractivity contribution in [2.45, 2.75) is 39.0 Å². The number of carbonyl (C=O) groups is 1. The Morgan fingerprint density at radius 2 is 2.12 bits per heavy atom. The first-order valence-electron chi connectivity index (χ1n) is 8.72. The minimum atomic E-state index is -0.173. The highest BCUT2D eigenvalue weighted by atomic mass is 16.5. The van der Waals surface area contributed by atoms with Gasteiger partial charge in [-0.3, -0.25) is 0 Å². The summed E-state index contributed by atoms with van der Waals surface area (Å²) in [5.74, 6) is 1.13. The van der Waals surface area contributed by atoms with E-state index < -0.39 is 0 Å². The van der Waals surface area contributed by atoms with Crippen LogP contribution in [-0.4, -0.2) is 29.9 Å². The van der Waals surface area contributed by atoms with Crippen LogP contribution in [0.25, 0.3) is 11.3 Å². The number of ether oxygens (including phenoxy) is 1. The van der Waals surface area contributed by atoms with E-state index in [1.54, 1.807) is 0 Å². The molecule has 2 amide bonds. The van der Waals surface area contributed by atoms with Gasteiger partial charge in [-0.05, 0) is 6.42 Å². The molecule has 0 unspecified atom stereocenters. The molecule has 6 heteroatoms. The second kappa shape index (κ2) is 6.19. The van der Waals surface area contributed by atoms with Crippen LogP contribution in [0.15, 0.2) is 40.9 Å². The zero-order valence-corrected chi connectivity index (χ0v) is 14.5. The zero-order chi connectivity index (χ0) is 17.4. The van der Waals surface area contributed by atoms with Crippen molar-refractivity contribution in [3.63, 3.8) is 0 Å². The summed E-state index contributed by atoms with van der Waals surface area (Å²) in [4.78, 5) is 12.3. The molecule has 0 bridgehead atoms. The van der Waals surface area contributed by atoms with E-state index >= 15 is 0 Å². The van der Waals surface area contributed by atoms with E-state index in [1.807, 2.05) is 36.4 Å². The number of nitrogens with zero attached hydrogens (tertiary/aromatic N) is 1. The fourth-order valence-corrected chi connectivity index (χ4v) is 4.11. The van der Waals surface area contributed by atoms with Gasteiger partial charge in [0, 0.05) is 35.6 Å². The van der Waals surface area contributed by atoms with E-state index in [0.29, 0.717) is 23.9 Å². The molecule has 1 aromatic carbocycles. The second-order valence-electron chi connectivity index (χ2n) is 7.42. The van der Waals surface area contributed by atoms with E-state index in [0.717, 1.165) is 18.6 Å². The van der Waals surface area contributed by atoms with Gasteiger partial charge in [0.25, 0.3) is 0 Å². The Hall–Kier alpha value is -2.34. The highest BCUT2D eigenvalue weighted by Gasteiger charge is 2.59. The average Bonchev–Trinajstić information content (AvgIpc) is 3.27. The van der Waals surface area contributed by atoms with Gasteiger partial charge < -0.3 is 19.9 Å². The topological polar surface area (TPSA) is 76.4 Å². The number of hydrogen-bond donors (Lipinski definition) is 2. The number of rotatable bonds is 4. The van der Waals surface area contributed by atoms with Crippen LogP contribution in [0, 0.1) is 11.3 Å². The summed E-state index contributed by atoms with van der Waals surface area (Å²) in [5, 5.41) is 9.99. The van der Waals surface area contributed by atoms with Gasteiger partial charge in [-0.25, -0.2) is 4.79 Å². The van der Waals surface area contributed by atoms with Gasteiger partial charge in [-0.2, -0.15) is 0 Å². The molecule has 1 saturated heterocycles. The van der Waals surface area contributed by atoms with Crippen molar-refractivity contribution in [1.82, 2.24) is 15.8 Å². The van der Waals surface area contributed by atoms with Gasteiger partial charge in [0.05, 0.1) is 12.6 Å². The largest absolute Gasteiger partial charge is 0.377 e. The van der Waals surface area contributed by atoms with Crippen molar-refractivity contribution < 1.29 is 14.1 Å². The Kier molecular flexibility index (Phi) is 4.00. The van der Waals surface area contributed by atoms with Gasteiger partial charge in [0.1, 0.15) is 5.69 Å². The fraction of sp³-hybridized carbons (Fsp3) is 0.474. The van der Waals surface area contributed by atoms with Crippen LogP contribution in [0.4, 0.5) is 4.79 Å². The third kappa shape index (κ3) is 2.91. The molecule has 1 aromatic heterocycles. The van der Waals surface area contributed by atoms with Crippen LogP contribution in [0.2, 0.25) is 0 Å². The molecular formula is C19H23N3O3.